The molecule has 1 aliphatic rings. The van der Waals surface area contributed by atoms with Gasteiger partial charge in [0.1, 0.15) is 0 Å². The van der Waals surface area contributed by atoms with Crippen LogP contribution in [-0.2, 0) is 10.0 Å². The normalized spacial score (nSPS) is 21.9. The van der Waals surface area contributed by atoms with Crippen LogP contribution >= 0.6 is 0 Å². The zero-order chi connectivity index (χ0) is 11.7. The average Bonchev–Trinajstić information content (AvgIpc) is 2.17. The topological polar surface area (TPSA) is 40.6 Å². The molecule has 0 amide bonds. The lowest BCUT2D eigenvalue weighted by Gasteiger charge is -2.43. The Bertz CT molecular complexity index is 303. The van der Waals surface area contributed by atoms with E-state index in [9.17, 15) is 8.42 Å². The van der Waals surface area contributed by atoms with E-state index in [-0.39, 0.29) is 5.54 Å². The molecule has 4 nitrogen and oxygen atoms in total. The first-order valence-corrected chi connectivity index (χ1v) is 7.32. The van der Waals surface area contributed by atoms with Gasteiger partial charge in [-0.15, -0.1) is 0 Å². The molecule has 0 unspecified atom stereocenters. The Balaban J connectivity index is 2.57. The molecule has 0 aliphatic carbocycles. The molecule has 1 aliphatic heterocycles. The van der Waals surface area contributed by atoms with Crippen molar-refractivity contribution < 1.29 is 8.42 Å². The van der Waals surface area contributed by atoms with E-state index in [0.717, 1.165) is 19.5 Å². The first-order chi connectivity index (χ1) is 6.77. The number of sulfonamides is 1. The van der Waals surface area contributed by atoms with E-state index < -0.39 is 10.0 Å². The van der Waals surface area contributed by atoms with Crippen LogP contribution < -0.4 is 0 Å². The summed E-state index contributed by atoms with van der Waals surface area (Å²) in [7, 11) is -2.99. The predicted molar refractivity (Wildman–Crippen MR) is 62.4 cm³/mol. The largest absolute Gasteiger partial charge is 0.296 e. The SMILES string of the molecule is CCC(C)(C)N1CCN(S(C)(=O)=O)CC1. The second-order valence-corrected chi connectivity index (χ2v) is 6.80. The van der Waals surface area contributed by atoms with Gasteiger partial charge in [-0.1, -0.05) is 6.92 Å². The second kappa shape index (κ2) is 4.39. The van der Waals surface area contributed by atoms with E-state index >= 15 is 0 Å². The van der Waals surface area contributed by atoms with E-state index in [1.54, 1.807) is 4.31 Å². The Morgan fingerprint density at radius 3 is 1.93 bits per heavy atom. The van der Waals surface area contributed by atoms with Crippen molar-refractivity contribution >= 4 is 10.0 Å². The fourth-order valence-corrected chi connectivity index (χ4v) is 2.68. The smallest absolute Gasteiger partial charge is 0.211 e. The van der Waals surface area contributed by atoms with Crippen LogP contribution in [0.1, 0.15) is 27.2 Å². The van der Waals surface area contributed by atoms with E-state index in [4.69, 9.17) is 0 Å². The van der Waals surface area contributed by atoms with Crippen LogP contribution in [0.2, 0.25) is 0 Å². The zero-order valence-electron chi connectivity index (χ0n) is 10.2. The molecule has 15 heavy (non-hydrogen) atoms. The summed E-state index contributed by atoms with van der Waals surface area (Å²) in [5, 5.41) is 0. The number of nitrogens with zero attached hydrogens (tertiary/aromatic N) is 2. The summed E-state index contributed by atoms with van der Waals surface area (Å²) in [5.74, 6) is 0. The second-order valence-electron chi connectivity index (χ2n) is 4.82. The summed E-state index contributed by atoms with van der Waals surface area (Å²) in [6, 6.07) is 0. The number of rotatable bonds is 3. The molecule has 5 heteroatoms. The summed E-state index contributed by atoms with van der Waals surface area (Å²) >= 11 is 0. The van der Waals surface area contributed by atoms with E-state index in [1.165, 1.54) is 6.26 Å². The molecular formula is C10H22N2O2S. The lowest BCUT2D eigenvalue weighted by molar-refractivity contribution is 0.0765. The molecule has 1 heterocycles. The number of piperazine rings is 1. The quantitative estimate of drug-likeness (QED) is 0.723. The van der Waals surface area contributed by atoms with Gasteiger partial charge in [-0.25, -0.2) is 8.42 Å². The minimum absolute atomic E-state index is 0.184. The molecule has 0 saturated carbocycles. The van der Waals surface area contributed by atoms with Crippen molar-refractivity contribution in [2.24, 2.45) is 0 Å². The lowest BCUT2D eigenvalue weighted by Crippen LogP contribution is -2.55. The predicted octanol–water partition coefficient (Wildman–Crippen LogP) is 0.752. The summed E-state index contributed by atoms with van der Waals surface area (Å²) in [5.41, 5.74) is 0.184. The van der Waals surface area contributed by atoms with Gasteiger partial charge in [0.15, 0.2) is 0 Å². The van der Waals surface area contributed by atoms with Gasteiger partial charge >= 0.3 is 0 Å². The van der Waals surface area contributed by atoms with E-state index in [0.29, 0.717) is 13.1 Å². The van der Waals surface area contributed by atoms with Crippen molar-refractivity contribution in [3.05, 3.63) is 0 Å². The standard InChI is InChI=1S/C10H22N2O2S/c1-5-10(2,3)11-6-8-12(9-7-11)15(4,13)14/h5-9H2,1-4H3. The summed E-state index contributed by atoms with van der Waals surface area (Å²) in [6.07, 6.45) is 2.37. The minimum atomic E-state index is -2.99. The number of hydrogen-bond donors (Lipinski definition) is 0. The van der Waals surface area contributed by atoms with Gasteiger partial charge in [-0.05, 0) is 20.3 Å². The molecule has 0 aromatic carbocycles. The molecular weight excluding hydrogens is 212 g/mol. The molecule has 0 aromatic heterocycles. The molecule has 0 N–H and O–H groups in total. The maximum Gasteiger partial charge on any atom is 0.211 e. The summed E-state index contributed by atoms with van der Waals surface area (Å²) < 4.78 is 24.2. The highest BCUT2D eigenvalue weighted by molar-refractivity contribution is 7.88. The van der Waals surface area contributed by atoms with Crippen LogP contribution in [0.15, 0.2) is 0 Å². The molecule has 1 fully saturated rings. The van der Waals surface area contributed by atoms with Crippen LogP contribution in [0.3, 0.4) is 0 Å². The lowest BCUT2D eigenvalue weighted by atomic mass is 9.98. The van der Waals surface area contributed by atoms with Crippen molar-refractivity contribution in [2.75, 3.05) is 32.4 Å². The molecule has 1 rings (SSSR count). The fourth-order valence-electron chi connectivity index (χ4n) is 1.85. The molecule has 0 bridgehead atoms. The Kier molecular flexibility index (Phi) is 3.79. The van der Waals surface area contributed by atoms with E-state index in [1.807, 2.05) is 0 Å². The minimum Gasteiger partial charge on any atom is -0.296 e. The Hall–Kier alpha value is -0.130. The molecule has 90 valence electrons. The highest BCUT2D eigenvalue weighted by Crippen LogP contribution is 2.20. The third-order valence-electron chi connectivity index (χ3n) is 3.43. The van der Waals surface area contributed by atoms with Crippen LogP contribution in [0, 0.1) is 0 Å². The maximum absolute atomic E-state index is 11.3. The first-order valence-electron chi connectivity index (χ1n) is 5.47. The third kappa shape index (κ3) is 3.16. The maximum atomic E-state index is 11.3. The average molecular weight is 234 g/mol. The van der Waals surface area contributed by atoms with Gasteiger partial charge in [0.25, 0.3) is 0 Å². The highest BCUT2D eigenvalue weighted by atomic mass is 32.2. The van der Waals surface area contributed by atoms with Gasteiger partial charge in [-0.3, -0.25) is 4.90 Å². The monoisotopic (exact) mass is 234 g/mol. The van der Waals surface area contributed by atoms with Crippen molar-refractivity contribution in [3.8, 4) is 0 Å². The molecule has 0 spiro atoms. The zero-order valence-corrected chi connectivity index (χ0v) is 11.0. The van der Waals surface area contributed by atoms with Crippen molar-refractivity contribution in [3.63, 3.8) is 0 Å². The van der Waals surface area contributed by atoms with E-state index in [2.05, 4.69) is 25.7 Å². The molecule has 1 saturated heterocycles. The van der Waals surface area contributed by atoms with Crippen molar-refractivity contribution in [2.45, 2.75) is 32.7 Å². The molecule has 0 aromatic rings. The summed E-state index contributed by atoms with van der Waals surface area (Å²) in [6.45, 7) is 9.53. The van der Waals surface area contributed by atoms with Gasteiger partial charge < -0.3 is 0 Å². The van der Waals surface area contributed by atoms with Gasteiger partial charge in [0.2, 0.25) is 10.0 Å². The van der Waals surface area contributed by atoms with Crippen LogP contribution in [0.5, 0.6) is 0 Å². The summed E-state index contributed by atoms with van der Waals surface area (Å²) in [4.78, 5) is 2.37. The Morgan fingerprint density at radius 1 is 1.13 bits per heavy atom. The first kappa shape index (κ1) is 12.9. The molecule has 0 radical (unpaired) electrons. The van der Waals surface area contributed by atoms with Crippen molar-refractivity contribution in [1.82, 2.24) is 9.21 Å². The van der Waals surface area contributed by atoms with Gasteiger partial charge in [-0.2, -0.15) is 4.31 Å². The van der Waals surface area contributed by atoms with Crippen molar-refractivity contribution in [1.29, 1.82) is 0 Å². The Labute approximate surface area is 93.3 Å². The fraction of sp³-hybridized carbons (Fsp3) is 1.00. The van der Waals surface area contributed by atoms with Crippen LogP contribution in [-0.4, -0.2) is 55.6 Å². The number of hydrogen-bond acceptors (Lipinski definition) is 3. The molecule has 0 atom stereocenters. The van der Waals surface area contributed by atoms with Gasteiger partial charge in [0, 0.05) is 31.7 Å². The van der Waals surface area contributed by atoms with Crippen LogP contribution in [0.25, 0.3) is 0 Å². The van der Waals surface area contributed by atoms with Gasteiger partial charge in [0.05, 0.1) is 6.26 Å². The highest BCUT2D eigenvalue weighted by Gasteiger charge is 2.30. The third-order valence-corrected chi connectivity index (χ3v) is 4.73. The Morgan fingerprint density at radius 2 is 1.60 bits per heavy atom. The van der Waals surface area contributed by atoms with Crippen LogP contribution in [0.4, 0.5) is 0 Å².